The smallest absolute Gasteiger partial charge is 0.191 e. The molecule has 0 bridgehead atoms. The highest BCUT2D eigenvalue weighted by molar-refractivity contribution is 5.80. The minimum absolute atomic E-state index is 0.439. The van der Waals surface area contributed by atoms with Crippen LogP contribution in [0.3, 0.4) is 0 Å². The Morgan fingerprint density at radius 3 is 2.69 bits per heavy atom. The van der Waals surface area contributed by atoms with E-state index in [1.165, 1.54) is 5.52 Å². The molecule has 1 aromatic heterocycles. The maximum absolute atomic E-state index is 5.51. The summed E-state index contributed by atoms with van der Waals surface area (Å²) < 4.78 is 7.77. The minimum Gasteiger partial charge on any atom is -0.379 e. The number of benzene rings is 1. The van der Waals surface area contributed by atoms with E-state index in [0.717, 1.165) is 69.8 Å². The second kappa shape index (κ2) is 10.6. The van der Waals surface area contributed by atoms with Gasteiger partial charge in [0, 0.05) is 38.8 Å². The fraction of sp³-hybridized carbons (Fsp3) is 0.636. The van der Waals surface area contributed by atoms with Crippen LogP contribution in [0, 0.1) is 12.8 Å². The van der Waals surface area contributed by atoms with Crippen molar-refractivity contribution < 1.29 is 4.74 Å². The molecule has 1 aliphatic heterocycles. The summed E-state index contributed by atoms with van der Waals surface area (Å²) in [5.74, 6) is 2.48. The number of rotatable bonds is 8. The van der Waals surface area contributed by atoms with Gasteiger partial charge in [-0.25, -0.2) is 4.98 Å². The molecule has 0 amide bonds. The van der Waals surface area contributed by atoms with Crippen LogP contribution in [0.2, 0.25) is 0 Å². The third-order valence-corrected chi connectivity index (χ3v) is 5.54. The Hall–Kier alpha value is -2.12. The van der Waals surface area contributed by atoms with Gasteiger partial charge in [0.25, 0.3) is 0 Å². The number of nitrogens with one attached hydrogen (secondary N) is 2. The largest absolute Gasteiger partial charge is 0.379 e. The molecule has 1 saturated heterocycles. The quantitative estimate of drug-likeness (QED) is 0.526. The molecule has 0 radical (unpaired) electrons. The molecule has 2 N–H and O–H groups in total. The summed E-state index contributed by atoms with van der Waals surface area (Å²) in [7, 11) is 0. The zero-order chi connectivity index (χ0) is 20.6. The Labute approximate surface area is 174 Å². The summed E-state index contributed by atoms with van der Waals surface area (Å²) in [6, 6.07) is 8.73. The van der Waals surface area contributed by atoms with E-state index in [0.29, 0.717) is 12.0 Å². The molecule has 1 atom stereocenters. The van der Waals surface area contributed by atoms with Gasteiger partial charge in [-0.15, -0.1) is 0 Å². The van der Waals surface area contributed by atoms with Crippen molar-refractivity contribution in [2.75, 3.05) is 45.9 Å². The van der Waals surface area contributed by atoms with Gasteiger partial charge in [0.1, 0.15) is 5.82 Å². The molecule has 160 valence electrons. The summed E-state index contributed by atoms with van der Waals surface area (Å²) in [5.41, 5.74) is 2.23. The molecule has 7 nitrogen and oxygen atoms in total. The molecule has 1 aliphatic rings. The van der Waals surface area contributed by atoms with Gasteiger partial charge in [0.15, 0.2) is 5.96 Å². The molecule has 2 aromatic rings. The predicted molar refractivity (Wildman–Crippen MR) is 119 cm³/mol. The Kier molecular flexibility index (Phi) is 7.89. The number of guanidine groups is 1. The lowest BCUT2D eigenvalue weighted by Gasteiger charge is -2.36. The zero-order valence-corrected chi connectivity index (χ0v) is 18.3. The van der Waals surface area contributed by atoms with Gasteiger partial charge in [-0.2, -0.15) is 0 Å². The van der Waals surface area contributed by atoms with E-state index in [1.807, 2.05) is 6.07 Å². The SMILES string of the molecule is CCNC(=NCC(C(C)C)N1CCOCC1)NCCn1c(C)nc2ccccc21. The van der Waals surface area contributed by atoms with Crippen LogP contribution in [0.1, 0.15) is 26.6 Å². The van der Waals surface area contributed by atoms with E-state index < -0.39 is 0 Å². The highest BCUT2D eigenvalue weighted by Crippen LogP contribution is 2.15. The third-order valence-electron chi connectivity index (χ3n) is 5.54. The zero-order valence-electron chi connectivity index (χ0n) is 18.3. The number of aliphatic imine (C=N–C) groups is 1. The van der Waals surface area contributed by atoms with Crippen molar-refractivity contribution in [3.63, 3.8) is 0 Å². The Morgan fingerprint density at radius 1 is 1.21 bits per heavy atom. The Bertz CT molecular complexity index is 794. The maximum atomic E-state index is 5.51. The van der Waals surface area contributed by atoms with Gasteiger partial charge in [-0.05, 0) is 31.9 Å². The number of imidazole rings is 1. The van der Waals surface area contributed by atoms with Crippen LogP contribution in [-0.2, 0) is 11.3 Å². The number of aromatic nitrogens is 2. The number of fused-ring (bicyclic) bond motifs is 1. The van der Waals surface area contributed by atoms with Crippen LogP contribution in [0.5, 0.6) is 0 Å². The molecule has 2 heterocycles. The van der Waals surface area contributed by atoms with E-state index in [4.69, 9.17) is 9.73 Å². The molecule has 29 heavy (non-hydrogen) atoms. The van der Waals surface area contributed by atoms with E-state index >= 15 is 0 Å². The van der Waals surface area contributed by atoms with Crippen LogP contribution in [0.4, 0.5) is 0 Å². The summed E-state index contributed by atoms with van der Waals surface area (Å²) in [6.07, 6.45) is 0. The van der Waals surface area contributed by atoms with Crippen molar-refractivity contribution in [2.24, 2.45) is 10.9 Å². The summed E-state index contributed by atoms with van der Waals surface area (Å²) in [5, 5.41) is 6.88. The standard InChI is InChI=1S/C22H36N6O/c1-5-23-22(25-16-21(17(2)3)27-12-14-29-15-13-27)24-10-11-28-18(4)26-19-8-6-7-9-20(19)28/h6-9,17,21H,5,10-16H2,1-4H3,(H2,23,24,25). The number of hydrogen-bond donors (Lipinski definition) is 2. The fourth-order valence-electron chi connectivity index (χ4n) is 3.95. The fourth-order valence-corrected chi connectivity index (χ4v) is 3.95. The maximum Gasteiger partial charge on any atom is 0.191 e. The van der Waals surface area contributed by atoms with Gasteiger partial charge >= 0.3 is 0 Å². The number of para-hydroxylation sites is 2. The first-order valence-electron chi connectivity index (χ1n) is 10.9. The molecule has 3 rings (SSSR count). The molecular weight excluding hydrogens is 364 g/mol. The van der Waals surface area contributed by atoms with Crippen molar-refractivity contribution in [1.29, 1.82) is 0 Å². The van der Waals surface area contributed by atoms with Crippen LogP contribution in [0.15, 0.2) is 29.3 Å². The van der Waals surface area contributed by atoms with Gasteiger partial charge < -0.3 is 19.9 Å². The van der Waals surface area contributed by atoms with Gasteiger partial charge in [-0.1, -0.05) is 26.0 Å². The average Bonchev–Trinajstić information content (AvgIpc) is 3.04. The normalized spacial score (nSPS) is 17.1. The van der Waals surface area contributed by atoms with Crippen LogP contribution >= 0.6 is 0 Å². The van der Waals surface area contributed by atoms with E-state index in [1.54, 1.807) is 0 Å². The lowest BCUT2D eigenvalue weighted by molar-refractivity contribution is 0.00867. The first kappa shape index (κ1) is 21.6. The first-order valence-corrected chi connectivity index (χ1v) is 10.9. The van der Waals surface area contributed by atoms with E-state index in [2.05, 4.69) is 71.0 Å². The molecular formula is C22H36N6O. The number of morpholine rings is 1. The predicted octanol–water partition coefficient (Wildman–Crippen LogP) is 2.26. The summed E-state index contributed by atoms with van der Waals surface area (Å²) in [6.45, 7) is 15.7. The van der Waals surface area contributed by atoms with E-state index in [-0.39, 0.29) is 0 Å². The van der Waals surface area contributed by atoms with E-state index in [9.17, 15) is 0 Å². The molecule has 1 aromatic carbocycles. The van der Waals surface area contributed by atoms with Crippen molar-refractivity contribution in [3.8, 4) is 0 Å². The summed E-state index contributed by atoms with van der Waals surface area (Å²) >= 11 is 0. The van der Waals surface area contributed by atoms with Crippen LogP contribution in [-0.4, -0.2) is 72.4 Å². The highest BCUT2D eigenvalue weighted by Gasteiger charge is 2.23. The number of nitrogens with zero attached hydrogens (tertiary/aromatic N) is 4. The lowest BCUT2D eigenvalue weighted by Crippen LogP contribution is -2.48. The molecule has 7 heteroatoms. The van der Waals surface area contributed by atoms with Gasteiger partial charge in [0.2, 0.25) is 0 Å². The Morgan fingerprint density at radius 2 is 1.97 bits per heavy atom. The number of ether oxygens (including phenoxy) is 1. The van der Waals surface area contributed by atoms with Crippen LogP contribution < -0.4 is 10.6 Å². The second-order valence-corrected chi connectivity index (χ2v) is 7.91. The summed E-state index contributed by atoms with van der Waals surface area (Å²) in [4.78, 5) is 12.1. The molecule has 0 saturated carbocycles. The van der Waals surface area contributed by atoms with Gasteiger partial charge in [-0.3, -0.25) is 9.89 Å². The number of hydrogen-bond acceptors (Lipinski definition) is 4. The highest BCUT2D eigenvalue weighted by atomic mass is 16.5. The molecule has 0 spiro atoms. The van der Waals surface area contributed by atoms with Crippen LogP contribution in [0.25, 0.3) is 11.0 Å². The monoisotopic (exact) mass is 400 g/mol. The first-order chi connectivity index (χ1) is 14.1. The van der Waals surface area contributed by atoms with Gasteiger partial charge in [0.05, 0.1) is 30.8 Å². The minimum atomic E-state index is 0.439. The van der Waals surface area contributed by atoms with Crippen molar-refractivity contribution in [1.82, 2.24) is 25.1 Å². The molecule has 1 fully saturated rings. The topological polar surface area (TPSA) is 66.7 Å². The lowest BCUT2D eigenvalue weighted by atomic mass is 10.0. The third kappa shape index (κ3) is 5.70. The van der Waals surface area contributed by atoms with Crippen molar-refractivity contribution in [2.45, 2.75) is 40.3 Å². The van der Waals surface area contributed by atoms with Crippen molar-refractivity contribution >= 4 is 17.0 Å². The Balaban J connectivity index is 1.60. The second-order valence-electron chi connectivity index (χ2n) is 7.91. The van der Waals surface area contributed by atoms with Crippen molar-refractivity contribution in [3.05, 3.63) is 30.1 Å². The average molecular weight is 401 g/mol. The molecule has 0 aliphatic carbocycles. The molecule has 1 unspecified atom stereocenters. The number of aryl methyl sites for hydroxylation is 1.